The lowest BCUT2D eigenvalue weighted by Gasteiger charge is -2.19. The maximum Gasteiger partial charge on any atom is 0.198 e. The number of nitrogens with one attached hydrogen (secondary N) is 1. The predicted octanol–water partition coefficient (Wildman–Crippen LogP) is 0.715. The highest BCUT2D eigenvalue weighted by Gasteiger charge is 2.37. The molecule has 1 aliphatic rings. The third kappa shape index (κ3) is 3.35. The Morgan fingerprint density at radius 3 is 2.53 bits per heavy atom. The minimum absolute atomic E-state index is 0.0829. The van der Waals surface area contributed by atoms with E-state index < -0.39 is 11.7 Å². The SMILES string of the molecule is C=CCONC(=C)C(=O)C1C(=O)CCCC1=O. The van der Waals surface area contributed by atoms with Crippen molar-refractivity contribution in [2.75, 3.05) is 6.61 Å². The second kappa shape index (κ2) is 6.10. The van der Waals surface area contributed by atoms with Crippen LogP contribution in [0.5, 0.6) is 0 Å². The van der Waals surface area contributed by atoms with Crippen LogP contribution in [-0.4, -0.2) is 24.0 Å². The molecule has 0 aromatic carbocycles. The fraction of sp³-hybridized carbons (Fsp3) is 0.417. The van der Waals surface area contributed by atoms with E-state index in [9.17, 15) is 14.4 Å². The highest BCUT2D eigenvalue weighted by atomic mass is 16.6. The van der Waals surface area contributed by atoms with Crippen molar-refractivity contribution in [1.82, 2.24) is 5.48 Å². The minimum atomic E-state index is -1.20. The molecular formula is C12H15NO4. The molecule has 92 valence electrons. The van der Waals surface area contributed by atoms with Crippen LogP contribution in [0.25, 0.3) is 0 Å². The fourth-order valence-corrected chi connectivity index (χ4v) is 1.61. The summed E-state index contributed by atoms with van der Waals surface area (Å²) in [7, 11) is 0. The summed E-state index contributed by atoms with van der Waals surface area (Å²) in [4.78, 5) is 39.6. The molecule has 5 nitrogen and oxygen atoms in total. The maximum absolute atomic E-state index is 11.8. The summed E-state index contributed by atoms with van der Waals surface area (Å²) in [6.45, 7) is 7.07. The summed E-state index contributed by atoms with van der Waals surface area (Å²) in [6, 6.07) is 0. The molecule has 0 aromatic rings. The number of carbonyl (C=O) groups is 3. The first-order valence-corrected chi connectivity index (χ1v) is 5.35. The number of Topliss-reactive ketones (excluding diaryl/α,β-unsaturated/α-hetero) is 3. The second-order valence-electron chi connectivity index (χ2n) is 3.76. The first-order valence-electron chi connectivity index (χ1n) is 5.35. The number of rotatable bonds is 6. The van der Waals surface area contributed by atoms with Gasteiger partial charge in [0.05, 0.1) is 12.3 Å². The Hall–Kier alpha value is -1.75. The highest BCUT2D eigenvalue weighted by molar-refractivity contribution is 6.24. The van der Waals surface area contributed by atoms with Crippen molar-refractivity contribution in [3.8, 4) is 0 Å². The van der Waals surface area contributed by atoms with Crippen molar-refractivity contribution in [2.45, 2.75) is 19.3 Å². The molecule has 0 aliphatic heterocycles. The van der Waals surface area contributed by atoms with Crippen molar-refractivity contribution >= 4 is 17.3 Å². The van der Waals surface area contributed by atoms with E-state index in [-0.39, 0.29) is 36.7 Å². The van der Waals surface area contributed by atoms with Crippen molar-refractivity contribution in [2.24, 2.45) is 5.92 Å². The number of hydroxylamine groups is 1. The summed E-state index contributed by atoms with van der Waals surface area (Å²) in [6.07, 6.45) is 2.54. The number of hydrogen-bond donors (Lipinski definition) is 1. The van der Waals surface area contributed by atoms with E-state index in [0.29, 0.717) is 6.42 Å². The Kier molecular flexibility index (Phi) is 4.78. The van der Waals surface area contributed by atoms with Gasteiger partial charge in [0.1, 0.15) is 5.92 Å². The first kappa shape index (κ1) is 13.3. The van der Waals surface area contributed by atoms with Crippen LogP contribution in [-0.2, 0) is 19.2 Å². The molecule has 0 aromatic heterocycles. The molecule has 1 aliphatic carbocycles. The van der Waals surface area contributed by atoms with Crippen LogP contribution >= 0.6 is 0 Å². The Bertz CT molecular complexity index is 357. The highest BCUT2D eigenvalue weighted by Crippen LogP contribution is 2.19. The van der Waals surface area contributed by atoms with E-state index in [1.165, 1.54) is 6.08 Å². The van der Waals surface area contributed by atoms with Gasteiger partial charge in [-0.15, -0.1) is 6.58 Å². The van der Waals surface area contributed by atoms with Gasteiger partial charge in [-0.2, -0.15) is 0 Å². The lowest BCUT2D eigenvalue weighted by Crippen LogP contribution is -2.38. The number of allylic oxidation sites excluding steroid dienone is 1. The molecule has 0 amide bonds. The lowest BCUT2D eigenvalue weighted by molar-refractivity contribution is -0.141. The molecule has 1 rings (SSSR count). The van der Waals surface area contributed by atoms with E-state index in [1.807, 2.05) is 0 Å². The Morgan fingerprint density at radius 1 is 1.41 bits per heavy atom. The van der Waals surface area contributed by atoms with Crippen LogP contribution in [0.1, 0.15) is 19.3 Å². The van der Waals surface area contributed by atoms with Gasteiger partial charge in [-0.1, -0.05) is 12.7 Å². The summed E-state index contributed by atoms with van der Waals surface area (Å²) >= 11 is 0. The fourth-order valence-electron chi connectivity index (χ4n) is 1.61. The zero-order valence-electron chi connectivity index (χ0n) is 9.53. The number of carbonyl (C=O) groups excluding carboxylic acids is 3. The van der Waals surface area contributed by atoms with Crippen LogP contribution in [0.4, 0.5) is 0 Å². The van der Waals surface area contributed by atoms with Crippen LogP contribution < -0.4 is 5.48 Å². The molecule has 0 heterocycles. The molecule has 1 saturated carbocycles. The van der Waals surface area contributed by atoms with Gasteiger partial charge in [-0.05, 0) is 6.42 Å². The maximum atomic E-state index is 11.8. The van der Waals surface area contributed by atoms with Gasteiger partial charge in [0.2, 0.25) is 0 Å². The lowest BCUT2D eigenvalue weighted by atomic mass is 9.83. The molecule has 5 heteroatoms. The molecule has 0 bridgehead atoms. The average molecular weight is 237 g/mol. The van der Waals surface area contributed by atoms with Crippen LogP contribution in [0.3, 0.4) is 0 Å². The topological polar surface area (TPSA) is 72.5 Å². The monoisotopic (exact) mass is 237 g/mol. The third-order valence-corrected chi connectivity index (χ3v) is 2.45. The van der Waals surface area contributed by atoms with Gasteiger partial charge in [0.25, 0.3) is 0 Å². The van der Waals surface area contributed by atoms with E-state index in [1.54, 1.807) is 0 Å². The van der Waals surface area contributed by atoms with Crippen LogP contribution in [0, 0.1) is 5.92 Å². The Labute approximate surface area is 99.5 Å². The molecule has 1 fully saturated rings. The van der Waals surface area contributed by atoms with Gasteiger partial charge in [0.15, 0.2) is 17.3 Å². The predicted molar refractivity (Wildman–Crippen MR) is 60.8 cm³/mol. The first-order chi connectivity index (χ1) is 8.07. The largest absolute Gasteiger partial charge is 0.298 e. The van der Waals surface area contributed by atoms with Gasteiger partial charge in [-0.3, -0.25) is 24.7 Å². The molecule has 0 radical (unpaired) electrons. The smallest absolute Gasteiger partial charge is 0.198 e. The van der Waals surface area contributed by atoms with Gasteiger partial charge in [0, 0.05) is 12.8 Å². The molecule has 17 heavy (non-hydrogen) atoms. The summed E-state index contributed by atoms with van der Waals surface area (Å²) in [5.41, 5.74) is 2.22. The minimum Gasteiger partial charge on any atom is -0.298 e. The molecule has 0 unspecified atom stereocenters. The molecule has 0 saturated heterocycles. The van der Waals surface area contributed by atoms with Gasteiger partial charge < -0.3 is 0 Å². The summed E-state index contributed by atoms with van der Waals surface area (Å²) < 4.78 is 0. The molecule has 0 spiro atoms. The van der Waals surface area contributed by atoms with Gasteiger partial charge >= 0.3 is 0 Å². The standard InChI is InChI=1S/C12H15NO4/c1-3-7-17-13-8(2)12(16)11-9(14)5-4-6-10(11)15/h3,11,13H,1-2,4-7H2. The quantitative estimate of drug-likeness (QED) is 0.242. The zero-order chi connectivity index (χ0) is 12.8. The van der Waals surface area contributed by atoms with E-state index in [2.05, 4.69) is 18.6 Å². The van der Waals surface area contributed by atoms with Crippen molar-refractivity contribution in [1.29, 1.82) is 0 Å². The Balaban J connectivity index is 2.61. The summed E-state index contributed by atoms with van der Waals surface area (Å²) in [5, 5.41) is 0. The molecule has 0 atom stereocenters. The summed E-state index contributed by atoms with van der Waals surface area (Å²) in [5.74, 6) is -2.48. The van der Waals surface area contributed by atoms with Crippen molar-refractivity contribution in [3.05, 3.63) is 24.9 Å². The van der Waals surface area contributed by atoms with Crippen LogP contribution in [0.2, 0.25) is 0 Å². The van der Waals surface area contributed by atoms with Crippen molar-refractivity contribution < 1.29 is 19.2 Å². The molecule has 1 N–H and O–H groups in total. The van der Waals surface area contributed by atoms with Crippen molar-refractivity contribution in [3.63, 3.8) is 0 Å². The normalized spacial score (nSPS) is 16.7. The Morgan fingerprint density at radius 2 is 2.00 bits per heavy atom. The molecular weight excluding hydrogens is 222 g/mol. The number of hydrogen-bond acceptors (Lipinski definition) is 5. The second-order valence-corrected chi connectivity index (χ2v) is 3.76. The number of ketones is 3. The third-order valence-electron chi connectivity index (χ3n) is 2.45. The van der Waals surface area contributed by atoms with E-state index in [0.717, 1.165) is 0 Å². The van der Waals surface area contributed by atoms with Gasteiger partial charge in [-0.25, -0.2) is 0 Å². The van der Waals surface area contributed by atoms with Crippen LogP contribution in [0.15, 0.2) is 24.9 Å². The van der Waals surface area contributed by atoms with E-state index in [4.69, 9.17) is 4.84 Å². The van der Waals surface area contributed by atoms with E-state index >= 15 is 0 Å². The average Bonchev–Trinajstić information content (AvgIpc) is 2.28. The zero-order valence-corrected chi connectivity index (χ0v) is 9.53.